The molecule has 0 radical (unpaired) electrons. The quantitative estimate of drug-likeness (QED) is 0.340. The minimum Gasteiger partial charge on any atom is -0.478 e. The molecule has 0 aliphatic carbocycles. The summed E-state index contributed by atoms with van der Waals surface area (Å²) in [6.07, 6.45) is 6.61. The lowest BCUT2D eigenvalue weighted by atomic mass is 10.1. The van der Waals surface area contributed by atoms with Crippen LogP contribution in [0, 0.1) is 5.82 Å². The van der Waals surface area contributed by atoms with Gasteiger partial charge in [0, 0.05) is 42.0 Å². The fourth-order valence-corrected chi connectivity index (χ4v) is 3.98. The number of aromatic nitrogens is 4. The van der Waals surface area contributed by atoms with Gasteiger partial charge in [0.05, 0.1) is 5.56 Å². The Morgan fingerprint density at radius 3 is 2.53 bits per heavy atom. The molecule has 0 spiro atoms. The summed E-state index contributed by atoms with van der Waals surface area (Å²) < 4.78 is 14.9. The second-order valence-corrected chi connectivity index (χ2v) is 7.86. The Hall–Kier alpha value is -3.85. The first-order valence-electron chi connectivity index (χ1n) is 9.57. The van der Waals surface area contributed by atoms with Crippen LogP contribution in [0.5, 0.6) is 0 Å². The molecule has 160 valence electrons. The molecule has 0 bridgehead atoms. The van der Waals surface area contributed by atoms with Gasteiger partial charge in [0.15, 0.2) is 5.16 Å². The lowest BCUT2D eigenvalue weighted by Crippen LogP contribution is -2.19. The molecule has 1 N–H and O–H groups in total. The molecule has 0 saturated carbocycles. The molecule has 2 aromatic heterocycles. The molecule has 0 amide bonds. The first-order chi connectivity index (χ1) is 15.5. The maximum absolute atomic E-state index is 13.2. The van der Waals surface area contributed by atoms with Gasteiger partial charge in [-0.1, -0.05) is 30.0 Å². The van der Waals surface area contributed by atoms with E-state index in [0.717, 1.165) is 11.1 Å². The van der Waals surface area contributed by atoms with Crippen LogP contribution in [0.1, 0.15) is 27.0 Å². The topological polar surface area (TPSA) is 98.0 Å². The molecular formula is C23H17FN4O3S. The number of hydrogen-bond donors (Lipinski definition) is 1. The highest BCUT2D eigenvalue weighted by Crippen LogP contribution is 2.24. The average molecular weight is 448 g/mol. The van der Waals surface area contributed by atoms with Gasteiger partial charge in [-0.3, -0.25) is 9.36 Å². The molecule has 4 aromatic rings. The Morgan fingerprint density at radius 2 is 1.81 bits per heavy atom. The van der Waals surface area contributed by atoms with E-state index >= 15 is 0 Å². The van der Waals surface area contributed by atoms with Crippen molar-refractivity contribution in [3.8, 4) is 5.69 Å². The van der Waals surface area contributed by atoms with Crippen LogP contribution in [0.25, 0.3) is 5.69 Å². The summed E-state index contributed by atoms with van der Waals surface area (Å²) in [6.45, 7) is 0. The van der Waals surface area contributed by atoms with E-state index in [1.165, 1.54) is 42.4 Å². The number of carboxylic acids is 1. The van der Waals surface area contributed by atoms with Gasteiger partial charge in [-0.25, -0.2) is 19.2 Å². The zero-order valence-electron chi connectivity index (χ0n) is 16.7. The molecule has 0 fully saturated rings. The number of carbonyl (C=O) groups is 1. The van der Waals surface area contributed by atoms with Crippen molar-refractivity contribution in [2.45, 2.75) is 17.3 Å². The third-order valence-corrected chi connectivity index (χ3v) is 5.65. The highest BCUT2D eigenvalue weighted by molar-refractivity contribution is 7.98. The van der Waals surface area contributed by atoms with Crippen LogP contribution >= 0.6 is 11.8 Å². The Kier molecular flexibility index (Phi) is 6.37. The lowest BCUT2D eigenvalue weighted by molar-refractivity contribution is 0.0697. The molecule has 0 atom stereocenters. The van der Waals surface area contributed by atoms with Gasteiger partial charge in [-0.2, -0.15) is 4.98 Å². The van der Waals surface area contributed by atoms with Crippen molar-refractivity contribution in [3.05, 3.63) is 112 Å². The van der Waals surface area contributed by atoms with Crippen molar-refractivity contribution in [2.75, 3.05) is 0 Å². The molecule has 32 heavy (non-hydrogen) atoms. The van der Waals surface area contributed by atoms with Gasteiger partial charge >= 0.3 is 5.97 Å². The zero-order valence-corrected chi connectivity index (χ0v) is 17.5. The SMILES string of the molecule is O=C(O)c1cccc(-n2cc(Cc3cncnc3)c(=O)nc2SCc2ccc(F)cc2)c1. The highest BCUT2D eigenvalue weighted by Gasteiger charge is 2.14. The number of nitrogens with zero attached hydrogens (tertiary/aromatic N) is 4. The van der Waals surface area contributed by atoms with E-state index in [4.69, 9.17) is 0 Å². The molecule has 4 rings (SSSR count). The van der Waals surface area contributed by atoms with Crippen molar-refractivity contribution in [3.63, 3.8) is 0 Å². The van der Waals surface area contributed by atoms with Crippen LogP contribution < -0.4 is 5.56 Å². The van der Waals surface area contributed by atoms with Gasteiger partial charge in [-0.15, -0.1) is 0 Å². The van der Waals surface area contributed by atoms with Crippen molar-refractivity contribution in [2.24, 2.45) is 0 Å². The highest BCUT2D eigenvalue weighted by atomic mass is 32.2. The molecule has 0 unspecified atom stereocenters. The van der Waals surface area contributed by atoms with E-state index in [-0.39, 0.29) is 23.4 Å². The number of benzene rings is 2. The third kappa shape index (κ3) is 5.06. The summed E-state index contributed by atoms with van der Waals surface area (Å²) >= 11 is 1.30. The molecule has 2 aromatic carbocycles. The molecule has 7 nitrogen and oxygen atoms in total. The maximum Gasteiger partial charge on any atom is 0.335 e. The molecule has 9 heteroatoms. The van der Waals surface area contributed by atoms with Gasteiger partial charge in [0.25, 0.3) is 5.56 Å². The lowest BCUT2D eigenvalue weighted by Gasteiger charge is -2.14. The summed E-state index contributed by atoms with van der Waals surface area (Å²) in [6, 6.07) is 12.5. The molecular weight excluding hydrogens is 431 g/mol. The van der Waals surface area contributed by atoms with Crippen LogP contribution in [-0.4, -0.2) is 30.6 Å². The number of rotatable bonds is 7. The Bertz CT molecular complexity index is 1310. The second kappa shape index (κ2) is 9.52. The Balaban J connectivity index is 1.74. The van der Waals surface area contributed by atoms with E-state index in [9.17, 15) is 19.1 Å². The predicted octanol–water partition coefficient (Wildman–Crippen LogP) is 3.74. The minimum absolute atomic E-state index is 0.119. The molecule has 0 saturated heterocycles. The van der Waals surface area contributed by atoms with Crippen molar-refractivity contribution < 1.29 is 14.3 Å². The average Bonchev–Trinajstić information content (AvgIpc) is 2.81. The van der Waals surface area contributed by atoms with Crippen LogP contribution in [-0.2, 0) is 12.2 Å². The van der Waals surface area contributed by atoms with Crippen LogP contribution in [0.2, 0.25) is 0 Å². The van der Waals surface area contributed by atoms with Crippen molar-refractivity contribution >= 4 is 17.7 Å². The van der Waals surface area contributed by atoms with Gasteiger partial charge in [0.2, 0.25) is 0 Å². The van der Waals surface area contributed by atoms with Gasteiger partial charge in [0.1, 0.15) is 12.1 Å². The molecule has 2 heterocycles. The van der Waals surface area contributed by atoms with E-state index in [1.54, 1.807) is 47.4 Å². The summed E-state index contributed by atoms with van der Waals surface area (Å²) in [5.41, 5.74) is 2.33. The summed E-state index contributed by atoms with van der Waals surface area (Å²) in [5.74, 6) is -0.923. The number of hydrogen-bond acceptors (Lipinski definition) is 6. The van der Waals surface area contributed by atoms with Crippen LogP contribution in [0.3, 0.4) is 0 Å². The normalized spacial score (nSPS) is 10.8. The number of halogens is 1. The minimum atomic E-state index is -1.05. The summed E-state index contributed by atoms with van der Waals surface area (Å²) in [7, 11) is 0. The summed E-state index contributed by atoms with van der Waals surface area (Å²) in [5, 5.41) is 9.77. The van der Waals surface area contributed by atoms with E-state index in [2.05, 4.69) is 15.0 Å². The fraction of sp³-hybridized carbons (Fsp3) is 0.0870. The van der Waals surface area contributed by atoms with Crippen molar-refractivity contribution in [1.82, 2.24) is 19.5 Å². The third-order valence-electron chi connectivity index (χ3n) is 4.62. The zero-order chi connectivity index (χ0) is 22.5. The number of thioether (sulfide) groups is 1. The smallest absolute Gasteiger partial charge is 0.335 e. The number of aromatic carboxylic acids is 1. The van der Waals surface area contributed by atoms with E-state index in [1.807, 2.05) is 0 Å². The second-order valence-electron chi connectivity index (χ2n) is 6.92. The largest absolute Gasteiger partial charge is 0.478 e. The fourth-order valence-electron chi connectivity index (χ4n) is 3.05. The van der Waals surface area contributed by atoms with Crippen LogP contribution in [0.15, 0.2) is 83.4 Å². The van der Waals surface area contributed by atoms with Gasteiger partial charge in [-0.05, 0) is 41.5 Å². The Labute approximate surface area is 186 Å². The predicted molar refractivity (Wildman–Crippen MR) is 118 cm³/mol. The maximum atomic E-state index is 13.2. The van der Waals surface area contributed by atoms with Gasteiger partial charge < -0.3 is 5.11 Å². The van der Waals surface area contributed by atoms with E-state index < -0.39 is 5.97 Å². The first kappa shape index (κ1) is 21.4. The standard InChI is InChI=1S/C23H17FN4O3S/c24-19-6-4-15(5-7-19)13-32-23-27-21(29)18(8-16-10-25-14-26-11-16)12-28(23)20-3-1-2-17(9-20)22(30)31/h1-7,9-12,14H,8,13H2,(H,30,31). The Morgan fingerprint density at radius 1 is 1.06 bits per heavy atom. The van der Waals surface area contributed by atoms with Crippen LogP contribution in [0.4, 0.5) is 4.39 Å². The van der Waals surface area contributed by atoms with E-state index in [0.29, 0.717) is 22.2 Å². The number of carboxylic acid groups (broad SMARTS) is 1. The molecule has 0 aliphatic rings. The first-order valence-corrected chi connectivity index (χ1v) is 10.6. The van der Waals surface area contributed by atoms with Crippen molar-refractivity contribution in [1.29, 1.82) is 0 Å². The monoisotopic (exact) mass is 448 g/mol. The summed E-state index contributed by atoms with van der Waals surface area (Å²) in [4.78, 5) is 36.4. The molecule has 0 aliphatic heterocycles.